The fraction of sp³-hybridized carbons (Fsp3) is 0.417. The van der Waals surface area contributed by atoms with E-state index in [1.807, 2.05) is 12.1 Å². The number of rotatable bonds is 4. The largest absolute Gasteiger partial charge is 0.469 e. The Labute approximate surface area is 90.2 Å². The molecule has 1 aromatic carbocycles. The molecule has 0 radical (unpaired) electrons. The van der Waals surface area contributed by atoms with Crippen molar-refractivity contribution in [1.29, 1.82) is 0 Å². The van der Waals surface area contributed by atoms with Crippen LogP contribution in [0.15, 0.2) is 24.3 Å². The monoisotopic (exact) mass is 208 g/mol. The zero-order chi connectivity index (χ0) is 11.3. The van der Waals surface area contributed by atoms with E-state index in [1.54, 1.807) is 0 Å². The summed E-state index contributed by atoms with van der Waals surface area (Å²) < 4.78 is 4.61. The zero-order valence-corrected chi connectivity index (χ0v) is 9.32. The number of esters is 1. The van der Waals surface area contributed by atoms with Crippen LogP contribution < -0.4 is 5.73 Å². The van der Waals surface area contributed by atoms with E-state index in [0.29, 0.717) is 6.42 Å². The van der Waals surface area contributed by atoms with Crippen LogP contribution in [0.2, 0.25) is 0 Å². The maximum absolute atomic E-state index is 11.1. The number of quaternary nitrogens is 1. The summed E-state index contributed by atoms with van der Waals surface area (Å²) >= 11 is 0. The average Bonchev–Trinajstić information content (AvgIpc) is 2.29. The van der Waals surface area contributed by atoms with Crippen molar-refractivity contribution in [3.05, 3.63) is 35.4 Å². The van der Waals surface area contributed by atoms with Gasteiger partial charge in [0.15, 0.2) is 0 Å². The Balaban J connectivity index is 2.65. The number of benzene rings is 1. The first-order chi connectivity index (χ1) is 7.17. The number of hydrogen-bond donors (Lipinski definition) is 1. The second-order valence-corrected chi connectivity index (χ2v) is 3.57. The van der Waals surface area contributed by atoms with Gasteiger partial charge >= 0.3 is 5.97 Å². The molecular formula is C12H18NO2+. The molecule has 0 saturated heterocycles. The molecule has 3 heteroatoms. The Morgan fingerprint density at radius 1 is 1.40 bits per heavy atom. The quantitative estimate of drug-likeness (QED) is 0.753. The van der Waals surface area contributed by atoms with E-state index < -0.39 is 0 Å². The van der Waals surface area contributed by atoms with Gasteiger partial charge in [0, 0.05) is 5.56 Å². The molecule has 0 aliphatic carbocycles. The normalized spacial score (nSPS) is 12.2. The van der Waals surface area contributed by atoms with Crippen molar-refractivity contribution in [2.24, 2.45) is 0 Å². The molecule has 3 nitrogen and oxygen atoms in total. The standard InChI is InChI=1S/C12H17NO2/c1-3-9-4-6-10(7-5-9)11(13)8-12(14)15-2/h4-7,11H,3,8,13H2,1-2H3/p+1/t11-/m1/s1. The van der Waals surface area contributed by atoms with Crippen LogP contribution in [0.1, 0.15) is 30.5 Å². The third-order valence-corrected chi connectivity index (χ3v) is 2.50. The molecule has 0 amide bonds. The Bertz CT molecular complexity index is 319. The van der Waals surface area contributed by atoms with Gasteiger partial charge in [-0.2, -0.15) is 0 Å². The Morgan fingerprint density at radius 2 is 2.00 bits per heavy atom. The minimum atomic E-state index is -0.213. The number of ether oxygens (including phenoxy) is 1. The van der Waals surface area contributed by atoms with Crippen LogP contribution in [-0.2, 0) is 16.0 Å². The predicted octanol–water partition coefficient (Wildman–Crippen LogP) is 1.10. The molecule has 0 unspecified atom stereocenters. The van der Waals surface area contributed by atoms with Crippen LogP contribution in [0.4, 0.5) is 0 Å². The summed E-state index contributed by atoms with van der Waals surface area (Å²) in [5.74, 6) is -0.213. The van der Waals surface area contributed by atoms with E-state index in [4.69, 9.17) is 0 Å². The van der Waals surface area contributed by atoms with E-state index in [1.165, 1.54) is 12.7 Å². The number of methoxy groups -OCH3 is 1. The van der Waals surface area contributed by atoms with Crippen molar-refractivity contribution in [3.8, 4) is 0 Å². The molecule has 0 aliphatic heterocycles. The van der Waals surface area contributed by atoms with E-state index >= 15 is 0 Å². The van der Waals surface area contributed by atoms with Crippen molar-refractivity contribution in [1.82, 2.24) is 0 Å². The number of carbonyl (C=O) groups is 1. The van der Waals surface area contributed by atoms with Gasteiger partial charge in [-0.25, -0.2) is 0 Å². The Morgan fingerprint density at radius 3 is 2.47 bits per heavy atom. The van der Waals surface area contributed by atoms with E-state index in [-0.39, 0.29) is 12.0 Å². The highest BCUT2D eigenvalue weighted by atomic mass is 16.5. The van der Waals surface area contributed by atoms with Crippen LogP contribution >= 0.6 is 0 Å². The fourth-order valence-corrected chi connectivity index (χ4v) is 1.43. The molecule has 0 saturated carbocycles. The molecule has 0 aromatic heterocycles. The molecule has 15 heavy (non-hydrogen) atoms. The molecule has 1 aromatic rings. The van der Waals surface area contributed by atoms with Crippen molar-refractivity contribution in [3.63, 3.8) is 0 Å². The summed E-state index contributed by atoms with van der Waals surface area (Å²) in [7, 11) is 1.40. The lowest BCUT2D eigenvalue weighted by Crippen LogP contribution is -2.54. The summed E-state index contributed by atoms with van der Waals surface area (Å²) in [5.41, 5.74) is 6.33. The maximum Gasteiger partial charge on any atom is 0.311 e. The fourth-order valence-electron chi connectivity index (χ4n) is 1.43. The lowest BCUT2D eigenvalue weighted by molar-refractivity contribution is -0.425. The van der Waals surface area contributed by atoms with Gasteiger partial charge in [0.2, 0.25) is 0 Å². The molecule has 1 atom stereocenters. The van der Waals surface area contributed by atoms with E-state index in [0.717, 1.165) is 12.0 Å². The van der Waals surface area contributed by atoms with Crippen LogP contribution in [0.25, 0.3) is 0 Å². The topological polar surface area (TPSA) is 53.9 Å². The van der Waals surface area contributed by atoms with E-state index in [9.17, 15) is 4.79 Å². The number of hydrogen-bond acceptors (Lipinski definition) is 2. The van der Waals surface area contributed by atoms with Crippen molar-refractivity contribution >= 4 is 5.97 Å². The minimum absolute atomic E-state index is 0.0247. The zero-order valence-electron chi connectivity index (χ0n) is 9.32. The lowest BCUT2D eigenvalue weighted by atomic mass is 10.0. The Hall–Kier alpha value is -1.35. The van der Waals surface area contributed by atoms with Gasteiger partial charge in [-0.1, -0.05) is 31.2 Å². The van der Waals surface area contributed by atoms with Crippen molar-refractivity contribution < 1.29 is 15.3 Å². The molecule has 82 valence electrons. The number of carbonyl (C=O) groups excluding carboxylic acids is 1. The van der Waals surface area contributed by atoms with Crippen molar-refractivity contribution in [2.45, 2.75) is 25.8 Å². The van der Waals surface area contributed by atoms with Gasteiger partial charge in [0.25, 0.3) is 0 Å². The predicted molar refractivity (Wildman–Crippen MR) is 58.1 cm³/mol. The van der Waals surface area contributed by atoms with Gasteiger partial charge in [-0.05, 0) is 12.0 Å². The second kappa shape index (κ2) is 5.51. The molecule has 1 rings (SSSR count). The third kappa shape index (κ3) is 3.36. The van der Waals surface area contributed by atoms with Crippen molar-refractivity contribution in [2.75, 3.05) is 7.11 Å². The SMILES string of the molecule is CCc1ccc([C@H]([NH3+])CC(=O)OC)cc1. The van der Waals surface area contributed by atoms with Gasteiger partial charge in [-0.15, -0.1) is 0 Å². The van der Waals surface area contributed by atoms with E-state index in [2.05, 4.69) is 29.5 Å². The van der Waals surface area contributed by atoms with Crippen LogP contribution in [-0.4, -0.2) is 13.1 Å². The molecule has 3 N–H and O–H groups in total. The molecule has 0 spiro atoms. The highest BCUT2D eigenvalue weighted by Crippen LogP contribution is 2.13. The van der Waals surface area contributed by atoms with Gasteiger partial charge in [-0.3, -0.25) is 4.79 Å². The first kappa shape index (κ1) is 11.7. The Kier molecular flexibility index (Phi) is 4.31. The minimum Gasteiger partial charge on any atom is -0.469 e. The lowest BCUT2D eigenvalue weighted by Gasteiger charge is -2.07. The highest BCUT2D eigenvalue weighted by Gasteiger charge is 2.14. The summed E-state index contributed by atoms with van der Waals surface area (Å²) in [6, 6.07) is 8.18. The average molecular weight is 208 g/mol. The first-order valence-corrected chi connectivity index (χ1v) is 5.16. The van der Waals surface area contributed by atoms with Gasteiger partial charge in [0.1, 0.15) is 12.5 Å². The van der Waals surface area contributed by atoms with Crippen LogP contribution in [0.3, 0.4) is 0 Å². The van der Waals surface area contributed by atoms with Crippen LogP contribution in [0, 0.1) is 0 Å². The van der Waals surface area contributed by atoms with Gasteiger partial charge < -0.3 is 10.5 Å². The highest BCUT2D eigenvalue weighted by molar-refractivity contribution is 5.69. The maximum atomic E-state index is 11.1. The molecule has 0 bridgehead atoms. The molecule has 0 heterocycles. The molecule has 0 aliphatic rings. The third-order valence-electron chi connectivity index (χ3n) is 2.50. The summed E-state index contributed by atoms with van der Waals surface area (Å²) in [6.45, 7) is 2.12. The van der Waals surface area contributed by atoms with Gasteiger partial charge in [0.05, 0.1) is 7.11 Å². The molecular weight excluding hydrogens is 190 g/mol. The summed E-state index contributed by atoms with van der Waals surface area (Å²) in [6.07, 6.45) is 1.36. The second-order valence-electron chi connectivity index (χ2n) is 3.57. The summed E-state index contributed by atoms with van der Waals surface area (Å²) in [5, 5.41) is 0. The summed E-state index contributed by atoms with van der Waals surface area (Å²) in [4.78, 5) is 11.1. The number of aryl methyl sites for hydroxylation is 1. The smallest absolute Gasteiger partial charge is 0.311 e. The first-order valence-electron chi connectivity index (χ1n) is 5.16. The van der Waals surface area contributed by atoms with Crippen LogP contribution in [0.5, 0.6) is 0 Å². The molecule has 0 fully saturated rings.